The van der Waals surface area contributed by atoms with Gasteiger partial charge in [0.25, 0.3) is 0 Å². The van der Waals surface area contributed by atoms with Crippen LogP contribution in [0.1, 0.15) is 30.4 Å². The lowest BCUT2D eigenvalue weighted by Crippen LogP contribution is -2.34. The van der Waals surface area contributed by atoms with E-state index in [0.29, 0.717) is 6.42 Å². The Morgan fingerprint density at radius 3 is 2.29 bits per heavy atom. The maximum Gasteiger partial charge on any atom is 0.317 e. The Bertz CT molecular complexity index is 747. The molecule has 122 valence electrons. The molecule has 2 aromatic rings. The Balaban J connectivity index is 2.00. The van der Waals surface area contributed by atoms with Crippen LogP contribution >= 0.6 is 0 Å². The largest absolute Gasteiger partial charge is 0.465 e. The SMILES string of the molecule is CCOC(=O)[C@@H]1C(=O)C=C(c2ccccc2)C[C@@H]1c1ccccc1. The zero-order valence-electron chi connectivity index (χ0n) is 13.6. The topological polar surface area (TPSA) is 43.4 Å². The summed E-state index contributed by atoms with van der Waals surface area (Å²) in [7, 11) is 0. The molecule has 0 radical (unpaired) electrons. The Hall–Kier alpha value is -2.68. The number of hydrogen-bond acceptors (Lipinski definition) is 3. The van der Waals surface area contributed by atoms with Crippen molar-refractivity contribution in [3.63, 3.8) is 0 Å². The molecule has 3 heteroatoms. The summed E-state index contributed by atoms with van der Waals surface area (Å²) in [5.41, 5.74) is 2.98. The maximum absolute atomic E-state index is 12.7. The number of rotatable bonds is 4. The van der Waals surface area contributed by atoms with Gasteiger partial charge in [-0.25, -0.2) is 0 Å². The van der Waals surface area contributed by atoms with Crippen LogP contribution in [-0.4, -0.2) is 18.4 Å². The van der Waals surface area contributed by atoms with E-state index in [2.05, 4.69) is 0 Å². The molecule has 0 N–H and O–H groups in total. The molecule has 0 amide bonds. The predicted octanol–water partition coefficient (Wildman–Crippen LogP) is 4.01. The van der Waals surface area contributed by atoms with E-state index >= 15 is 0 Å². The fourth-order valence-electron chi connectivity index (χ4n) is 3.25. The molecular weight excluding hydrogens is 300 g/mol. The van der Waals surface area contributed by atoms with Crippen molar-refractivity contribution in [2.45, 2.75) is 19.3 Å². The molecule has 0 bridgehead atoms. The van der Waals surface area contributed by atoms with Gasteiger partial charge in [0.2, 0.25) is 0 Å². The summed E-state index contributed by atoms with van der Waals surface area (Å²) in [6.07, 6.45) is 2.25. The molecule has 0 heterocycles. The van der Waals surface area contributed by atoms with Crippen molar-refractivity contribution in [3.05, 3.63) is 77.9 Å². The third-order valence-corrected chi connectivity index (χ3v) is 4.38. The van der Waals surface area contributed by atoms with E-state index in [1.807, 2.05) is 60.7 Å². The van der Waals surface area contributed by atoms with Gasteiger partial charge in [0.15, 0.2) is 5.78 Å². The summed E-state index contributed by atoms with van der Waals surface area (Å²) in [4.78, 5) is 25.1. The second-order valence-corrected chi connectivity index (χ2v) is 5.89. The number of benzene rings is 2. The second kappa shape index (κ2) is 7.26. The van der Waals surface area contributed by atoms with E-state index in [-0.39, 0.29) is 18.3 Å². The fourth-order valence-corrected chi connectivity index (χ4v) is 3.25. The van der Waals surface area contributed by atoms with Crippen molar-refractivity contribution in [1.82, 2.24) is 0 Å². The highest BCUT2D eigenvalue weighted by Gasteiger charge is 2.39. The van der Waals surface area contributed by atoms with Gasteiger partial charge in [0.05, 0.1) is 6.61 Å². The van der Waals surface area contributed by atoms with E-state index < -0.39 is 11.9 Å². The summed E-state index contributed by atoms with van der Waals surface area (Å²) in [6, 6.07) is 19.6. The predicted molar refractivity (Wildman–Crippen MR) is 93.3 cm³/mol. The van der Waals surface area contributed by atoms with Gasteiger partial charge < -0.3 is 4.74 Å². The summed E-state index contributed by atoms with van der Waals surface area (Å²) >= 11 is 0. The van der Waals surface area contributed by atoms with Crippen LogP contribution in [0.2, 0.25) is 0 Å². The minimum atomic E-state index is -0.764. The number of hydrogen-bond donors (Lipinski definition) is 0. The molecule has 0 fully saturated rings. The maximum atomic E-state index is 12.7. The molecule has 2 atom stereocenters. The minimum absolute atomic E-state index is 0.174. The number of ether oxygens (including phenoxy) is 1. The number of ketones is 1. The van der Waals surface area contributed by atoms with Gasteiger partial charge in [-0.05, 0) is 36.1 Å². The fraction of sp³-hybridized carbons (Fsp3) is 0.238. The van der Waals surface area contributed by atoms with Crippen molar-refractivity contribution < 1.29 is 14.3 Å². The molecule has 0 aliphatic heterocycles. The van der Waals surface area contributed by atoms with Gasteiger partial charge in [0, 0.05) is 5.92 Å². The molecule has 2 aromatic carbocycles. The molecule has 0 saturated heterocycles. The van der Waals surface area contributed by atoms with Crippen LogP contribution < -0.4 is 0 Å². The molecule has 1 aliphatic rings. The first-order chi connectivity index (χ1) is 11.7. The number of carbonyl (C=O) groups is 2. The summed E-state index contributed by atoms with van der Waals surface area (Å²) in [5, 5.41) is 0. The molecule has 0 unspecified atom stereocenters. The van der Waals surface area contributed by atoms with E-state index in [9.17, 15) is 9.59 Å². The van der Waals surface area contributed by atoms with Crippen LogP contribution in [0, 0.1) is 5.92 Å². The van der Waals surface area contributed by atoms with Crippen LogP contribution in [0.5, 0.6) is 0 Å². The average Bonchev–Trinajstić information content (AvgIpc) is 2.62. The zero-order chi connectivity index (χ0) is 16.9. The van der Waals surface area contributed by atoms with Crippen molar-refractivity contribution >= 4 is 17.3 Å². The highest BCUT2D eigenvalue weighted by molar-refractivity contribution is 6.10. The normalized spacial score (nSPS) is 20.4. The standard InChI is InChI=1S/C21H20O3/c1-2-24-21(23)20-18(16-11-7-4-8-12-16)13-17(14-19(20)22)15-9-5-3-6-10-15/h3-12,14,18,20H,2,13H2,1H3/t18-,20+/m1/s1. The van der Waals surface area contributed by atoms with E-state index in [0.717, 1.165) is 16.7 Å². The van der Waals surface area contributed by atoms with Gasteiger partial charge in [-0.2, -0.15) is 0 Å². The van der Waals surface area contributed by atoms with Crippen molar-refractivity contribution in [1.29, 1.82) is 0 Å². The van der Waals surface area contributed by atoms with Gasteiger partial charge in [-0.1, -0.05) is 60.7 Å². The molecule has 3 nitrogen and oxygen atoms in total. The van der Waals surface area contributed by atoms with Crippen LogP contribution in [0.3, 0.4) is 0 Å². The third-order valence-electron chi connectivity index (χ3n) is 4.38. The molecule has 0 saturated carbocycles. The first-order valence-electron chi connectivity index (χ1n) is 8.22. The highest BCUT2D eigenvalue weighted by atomic mass is 16.5. The lowest BCUT2D eigenvalue weighted by Gasteiger charge is -2.29. The van der Waals surface area contributed by atoms with Crippen molar-refractivity contribution in [2.24, 2.45) is 5.92 Å². The lowest BCUT2D eigenvalue weighted by molar-refractivity contribution is -0.151. The lowest BCUT2D eigenvalue weighted by atomic mass is 9.73. The van der Waals surface area contributed by atoms with Gasteiger partial charge in [0.1, 0.15) is 5.92 Å². The zero-order valence-corrected chi connectivity index (χ0v) is 13.6. The number of esters is 1. The molecule has 24 heavy (non-hydrogen) atoms. The highest BCUT2D eigenvalue weighted by Crippen LogP contribution is 2.40. The Kier molecular flexibility index (Phi) is 4.90. The summed E-state index contributed by atoms with van der Waals surface area (Å²) < 4.78 is 5.16. The monoisotopic (exact) mass is 320 g/mol. The van der Waals surface area contributed by atoms with Gasteiger partial charge >= 0.3 is 5.97 Å². The average molecular weight is 320 g/mol. The van der Waals surface area contributed by atoms with Gasteiger partial charge in [-0.3, -0.25) is 9.59 Å². The van der Waals surface area contributed by atoms with E-state index in [4.69, 9.17) is 4.74 Å². The second-order valence-electron chi connectivity index (χ2n) is 5.89. The Labute approximate surface area is 142 Å². The van der Waals surface area contributed by atoms with Crippen LogP contribution in [0.15, 0.2) is 66.7 Å². The quantitative estimate of drug-likeness (QED) is 0.631. The molecule has 1 aliphatic carbocycles. The van der Waals surface area contributed by atoms with Gasteiger partial charge in [-0.15, -0.1) is 0 Å². The van der Waals surface area contributed by atoms with Crippen molar-refractivity contribution in [2.75, 3.05) is 6.61 Å². The molecule has 3 rings (SSSR count). The van der Waals surface area contributed by atoms with E-state index in [1.165, 1.54) is 0 Å². The Morgan fingerprint density at radius 1 is 1.04 bits per heavy atom. The van der Waals surface area contributed by atoms with Crippen LogP contribution in [-0.2, 0) is 14.3 Å². The Morgan fingerprint density at radius 2 is 1.67 bits per heavy atom. The number of carbonyl (C=O) groups excluding carboxylic acids is 2. The first-order valence-corrected chi connectivity index (χ1v) is 8.22. The summed E-state index contributed by atoms with van der Waals surface area (Å²) in [5.74, 6) is -1.56. The molecule has 0 spiro atoms. The van der Waals surface area contributed by atoms with Crippen LogP contribution in [0.25, 0.3) is 5.57 Å². The smallest absolute Gasteiger partial charge is 0.317 e. The van der Waals surface area contributed by atoms with Crippen molar-refractivity contribution in [3.8, 4) is 0 Å². The van der Waals surface area contributed by atoms with E-state index in [1.54, 1.807) is 13.0 Å². The first kappa shape index (κ1) is 16.2. The summed E-state index contributed by atoms with van der Waals surface area (Å²) in [6.45, 7) is 2.04. The molecular formula is C21H20O3. The van der Waals surface area contributed by atoms with Crippen LogP contribution in [0.4, 0.5) is 0 Å². The number of allylic oxidation sites excluding steroid dienone is 2. The molecule has 0 aromatic heterocycles. The third kappa shape index (κ3) is 3.30. The minimum Gasteiger partial charge on any atom is -0.465 e.